The Morgan fingerprint density at radius 2 is 2.43 bits per heavy atom. The maximum absolute atomic E-state index is 12.0. The van der Waals surface area contributed by atoms with Gasteiger partial charge < -0.3 is 10.6 Å². The molecule has 1 aromatic carbocycles. The van der Waals surface area contributed by atoms with Crippen LogP contribution in [0.15, 0.2) is 22.7 Å². The minimum atomic E-state index is 0.129. The Kier molecular flexibility index (Phi) is 4.87. The summed E-state index contributed by atoms with van der Waals surface area (Å²) in [5.41, 5.74) is 1.00. The summed E-state index contributed by atoms with van der Waals surface area (Å²) in [4.78, 5) is 16.6. The lowest BCUT2D eigenvalue weighted by Gasteiger charge is -2.23. The Hall–Kier alpha value is -0.980. The van der Waals surface area contributed by atoms with Crippen LogP contribution in [0.2, 0.25) is 0 Å². The lowest BCUT2D eigenvalue weighted by atomic mass is 10.1. The number of carbonyl (C=O) groups excluding carboxylic acids is 1. The van der Waals surface area contributed by atoms with Gasteiger partial charge in [-0.1, -0.05) is 15.9 Å². The van der Waals surface area contributed by atoms with Crippen molar-refractivity contribution in [2.45, 2.75) is 31.7 Å². The fourth-order valence-corrected chi connectivity index (χ4v) is 3.85. The van der Waals surface area contributed by atoms with E-state index in [1.165, 1.54) is 4.70 Å². The smallest absolute Gasteiger partial charge is 0.220 e. The van der Waals surface area contributed by atoms with Crippen molar-refractivity contribution in [3.8, 4) is 0 Å². The van der Waals surface area contributed by atoms with Crippen LogP contribution in [-0.2, 0) is 11.2 Å². The number of fused-ring (bicyclic) bond motifs is 1. The Morgan fingerprint density at radius 3 is 3.24 bits per heavy atom. The lowest BCUT2D eigenvalue weighted by molar-refractivity contribution is -0.121. The zero-order valence-corrected chi connectivity index (χ0v) is 14.1. The highest BCUT2D eigenvalue weighted by atomic mass is 79.9. The summed E-state index contributed by atoms with van der Waals surface area (Å²) >= 11 is 5.12. The zero-order chi connectivity index (χ0) is 14.7. The third-order valence-corrected chi connectivity index (χ3v) is 5.21. The normalized spacial score (nSPS) is 18.8. The molecule has 2 N–H and O–H groups in total. The molecule has 1 aliphatic heterocycles. The largest absolute Gasteiger partial charge is 0.352 e. The van der Waals surface area contributed by atoms with Crippen molar-refractivity contribution in [2.24, 2.45) is 0 Å². The molecule has 0 bridgehead atoms. The molecule has 1 fully saturated rings. The second-order valence-corrected chi connectivity index (χ2v) is 7.36. The number of nitrogens with zero attached hydrogens (tertiary/aromatic N) is 1. The Balaban J connectivity index is 1.54. The SMILES string of the molecule is O=C(CCc1nc2cc(Br)ccc2s1)NC1CCCNC1. The zero-order valence-electron chi connectivity index (χ0n) is 11.7. The number of hydrogen-bond acceptors (Lipinski definition) is 4. The van der Waals surface area contributed by atoms with Gasteiger partial charge in [-0.3, -0.25) is 4.79 Å². The predicted octanol–water partition coefficient (Wildman–Crippen LogP) is 2.86. The standard InChI is InChI=1S/C15H18BrN3OS/c16-10-3-4-13-12(8-10)19-15(21-13)6-5-14(20)18-11-2-1-7-17-9-11/h3-4,8,11,17H,1-2,5-7,9H2,(H,18,20). The first-order valence-corrected chi connectivity index (χ1v) is 8.87. The second-order valence-electron chi connectivity index (χ2n) is 5.33. The van der Waals surface area contributed by atoms with Crippen LogP contribution in [0.25, 0.3) is 10.2 Å². The summed E-state index contributed by atoms with van der Waals surface area (Å²) in [6.45, 7) is 1.95. The molecule has 4 nitrogen and oxygen atoms in total. The van der Waals surface area contributed by atoms with E-state index in [1.807, 2.05) is 12.1 Å². The van der Waals surface area contributed by atoms with Gasteiger partial charge in [-0.25, -0.2) is 4.98 Å². The van der Waals surface area contributed by atoms with Crippen LogP contribution in [0.5, 0.6) is 0 Å². The highest BCUT2D eigenvalue weighted by molar-refractivity contribution is 9.10. The van der Waals surface area contributed by atoms with Crippen LogP contribution in [0.3, 0.4) is 0 Å². The van der Waals surface area contributed by atoms with Crippen molar-refractivity contribution < 1.29 is 4.79 Å². The molecule has 1 unspecified atom stereocenters. The highest BCUT2D eigenvalue weighted by Crippen LogP contribution is 2.25. The molecule has 0 radical (unpaired) electrons. The van der Waals surface area contributed by atoms with Gasteiger partial charge >= 0.3 is 0 Å². The lowest BCUT2D eigenvalue weighted by Crippen LogP contribution is -2.45. The number of piperidine rings is 1. The summed E-state index contributed by atoms with van der Waals surface area (Å²) in [5.74, 6) is 0.129. The number of aromatic nitrogens is 1. The van der Waals surface area contributed by atoms with E-state index >= 15 is 0 Å². The van der Waals surface area contributed by atoms with Crippen molar-refractivity contribution in [1.82, 2.24) is 15.6 Å². The molecule has 0 saturated carbocycles. The topological polar surface area (TPSA) is 54.0 Å². The summed E-state index contributed by atoms with van der Waals surface area (Å²) < 4.78 is 2.21. The molecule has 2 aromatic rings. The van der Waals surface area contributed by atoms with Crippen LogP contribution in [0.1, 0.15) is 24.3 Å². The number of amides is 1. The molecule has 1 amide bonds. The molecular formula is C15H18BrN3OS. The van der Waals surface area contributed by atoms with Gasteiger partial charge in [0.2, 0.25) is 5.91 Å². The fraction of sp³-hybridized carbons (Fsp3) is 0.467. The minimum Gasteiger partial charge on any atom is -0.352 e. The molecule has 3 rings (SSSR count). The van der Waals surface area contributed by atoms with Gasteiger partial charge in [0.25, 0.3) is 0 Å². The van der Waals surface area contributed by atoms with Crippen LogP contribution in [-0.4, -0.2) is 30.0 Å². The maximum Gasteiger partial charge on any atom is 0.220 e. The number of halogens is 1. The number of rotatable bonds is 4. The molecule has 0 spiro atoms. The first-order valence-electron chi connectivity index (χ1n) is 7.26. The Morgan fingerprint density at radius 1 is 1.52 bits per heavy atom. The molecule has 2 heterocycles. The first-order chi connectivity index (χ1) is 10.2. The fourth-order valence-electron chi connectivity index (χ4n) is 2.55. The summed E-state index contributed by atoms with van der Waals surface area (Å²) in [5, 5.41) is 7.44. The molecule has 21 heavy (non-hydrogen) atoms. The molecule has 1 aromatic heterocycles. The van der Waals surface area contributed by atoms with E-state index in [2.05, 4.69) is 37.6 Å². The molecule has 1 aliphatic rings. The quantitative estimate of drug-likeness (QED) is 0.873. The summed E-state index contributed by atoms with van der Waals surface area (Å²) in [7, 11) is 0. The maximum atomic E-state index is 12.0. The second kappa shape index (κ2) is 6.85. The van der Waals surface area contributed by atoms with E-state index in [1.54, 1.807) is 11.3 Å². The van der Waals surface area contributed by atoms with Crippen molar-refractivity contribution >= 4 is 43.4 Å². The number of thiazole rings is 1. The van der Waals surface area contributed by atoms with E-state index in [0.29, 0.717) is 12.8 Å². The molecule has 112 valence electrons. The highest BCUT2D eigenvalue weighted by Gasteiger charge is 2.15. The molecule has 0 aliphatic carbocycles. The van der Waals surface area contributed by atoms with E-state index in [4.69, 9.17) is 0 Å². The van der Waals surface area contributed by atoms with Gasteiger partial charge in [0, 0.05) is 29.9 Å². The van der Waals surface area contributed by atoms with Crippen molar-refractivity contribution in [3.05, 3.63) is 27.7 Å². The first kappa shape index (κ1) is 14.9. The molecular weight excluding hydrogens is 350 g/mol. The van der Waals surface area contributed by atoms with Gasteiger partial charge in [0.05, 0.1) is 15.2 Å². The third-order valence-electron chi connectivity index (χ3n) is 3.62. The van der Waals surface area contributed by atoms with Crippen molar-refractivity contribution in [1.29, 1.82) is 0 Å². The van der Waals surface area contributed by atoms with Crippen LogP contribution >= 0.6 is 27.3 Å². The van der Waals surface area contributed by atoms with Crippen LogP contribution in [0.4, 0.5) is 0 Å². The summed E-state index contributed by atoms with van der Waals surface area (Å²) in [6.07, 6.45) is 3.44. The monoisotopic (exact) mass is 367 g/mol. The van der Waals surface area contributed by atoms with Crippen molar-refractivity contribution in [2.75, 3.05) is 13.1 Å². The number of hydrogen-bond donors (Lipinski definition) is 2. The minimum absolute atomic E-state index is 0.129. The molecule has 1 atom stereocenters. The van der Waals surface area contributed by atoms with Gasteiger partial charge in [-0.2, -0.15) is 0 Å². The number of nitrogens with one attached hydrogen (secondary N) is 2. The van der Waals surface area contributed by atoms with Gasteiger partial charge in [-0.05, 0) is 37.6 Å². The predicted molar refractivity (Wildman–Crippen MR) is 89.7 cm³/mol. The number of aryl methyl sites for hydroxylation is 1. The molecule has 6 heteroatoms. The average molecular weight is 368 g/mol. The Labute approximate surface area is 136 Å². The van der Waals surface area contributed by atoms with Crippen LogP contribution < -0.4 is 10.6 Å². The van der Waals surface area contributed by atoms with E-state index in [-0.39, 0.29) is 11.9 Å². The van der Waals surface area contributed by atoms with Gasteiger partial charge in [0.1, 0.15) is 0 Å². The van der Waals surface area contributed by atoms with E-state index in [0.717, 1.165) is 40.9 Å². The van der Waals surface area contributed by atoms with Gasteiger partial charge in [-0.15, -0.1) is 11.3 Å². The number of benzene rings is 1. The van der Waals surface area contributed by atoms with Crippen molar-refractivity contribution in [3.63, 3.8) is 0 Å². The third kappa shape index (κ3) is 4.02. The average Bonchev–Trinajstić information content (AvgIpc) is 2.88. The molecule has 1 saturated heterocycles. The van der Waals surface area contributed by atoms with Gasteiger partial charge in [0.15, 0.2) is 0 Å². The van der Waals surface area contributed by atoms with E-state index < -0.39 is 0 Å². The van der Waals surface area contributed by atoms with E-state index in [9.17, 15) is 4.79 Å². The Bertz CT molecular complexity index is 637. The van der Waals surface area contributed by atoms with Crippen LogP contribution in [0, 0.1) is 0 Å². The summed E-state index contributed by atoms with van der Waals surface area (Å²) in [6, 6.07) is 6.39. The number of carbonyl (C=O) groups is 1.